The van der Waals surface area contributed by atoms with E-state index in [0.29, 0.717) is 52.2 Å². The van der Waals surface area contributed by atoms with Crippen LogP contribution in [0, 0.1) is 0 Å². The quantitative estimate of drug-likeness (QED) is 0.788. The molecule has 2 amide bonds. The van der Waals surface area contributed by atoms with Gasteiger partial charge in [-0.05, 0) is 18.9 Å². The van der Waals surface area contributed by atoms with Crippen molar-refractivity contribution in [1.82, 2.24) is 19.6 Å². The number of rotatable bonds is 4. The second-order valence-corrected chi connectivity index (χ2v) is 6.81. The van der Waals surface area contributed by atoms with Crippen LogP contribution in [0.2, 0.25) is 0 Å². The third-order valence-electron chi connectivity index (χ3n) is 4.94. The third-order valence-corrected chi connectivity index (χ3v) is 4.94. The molecule has 1 aromatic heterocycles. The van der Waals surface area contributed by atoms with E-state index in [1.54, 1.807) is 9.80 Å². The summed E-state index contributed by atoms with van der Waals surface area (Å²) in [6.07, 6.45) is -1.57. The van der Waals surface area contributed by atoms with Crippen LogP contribution in [0.3, 0.4) is 0 Å². The minimum atomic E-state index is -4.48. The fourth-order valence-electron chi connectivity index (χ4n) is 3.43. The Labute approximate surface area is 155 Å². The lowest BCUT2D eigenvalue weighted by molar-refractivity contribution is -0.142. The maximum Gasteiger partial charge on any atom is 0.435 e. The second kappa shape index (κ2) is 8.28. The molecule has 2 aliphatic heterocycles. The van der Waals surface area contributed by atoms with E-state index in [9.17, 15) is 22.8 Å². The Kier molecular flexibility index (Phi) is 6.03. The number of hydrogen-bond donors (Lipinski definition) is 0. The summed E-state index contributed by atoms with van der Waals surface area (Å²) in [6, 6.07) is 0.663. The number of ether oxygens (including phenoxy) is 1. The van der Waals surface area contributed by atoms with Gasteiger partial charge in [-0.2, -0.15) is 18.3 Å². The van der Waals surface area contributed by atoms with Crippen molar-refractivity contribution in [2.24, 2.45) is 0 Å². The smallest absolute Gasteiger partial charge is 0.378 e. The van der Waals surface area contributed by atoms with E-state index >= 15 is 0 Å². The Hall–Kier alpha value is -2.10. The molecule has 0 radical (unpaired) electrons. The van der Waals surface area contributed by atoms with E-state index < -0.39 is 11.9 Å². The van der Waals surface area contributed by atoms with Crippen LogP contribution < -0.4 is 0 Å². The molecule has 2 saturated heterocycles. The van der Waals surface area contributed by atoms with Crippen molar-refractivity contribution >= 4 is 11.8 Å². The Morgan fingerprint density at radius 1 is 1.11 bits per heavy atom. The predicted molar refractivity (Wildman–Crippen MR) is 88.7 cm³/mol. The van der Waals surface area contributed by atoms with E-state index in [0.717, 1.165) is 6.07 Å². The van der Waals surface area contributed by atoms with Gasteiger partial charge in [0.25, 0.3) is 0 Å². The average Bonchev–Trinajstić information content (AvgIpc) is 3.17. The molecule has 27 heavy (non-hydrogen) atoms. The number of hydrogen-bond acceptors (Lipinski definition) is 4. The normalized spacial score (nSPS) is 21.4. The average molecular weight is 388 g/mol. The Morgan fingerprint density at radius 2 is 1.78 bits per heavy atom. The third kappa shape index (κ3) is 5.00. The van der Waals surface area contributed by atoms with Gasteiger partial charge in [0.1, 0.15) is 0 Å². The van der Waals surface area contributed by atoms with Gasteiger partial charge in [-0.3, -0.25) is 14.3 Å². The first-order valence-electron chi connectivity index (χ1n) is 9.10. The maximum atomic E-state index is 12.7. The van der Waals surface area contributed by atoms with E-state index in [1.165, 1.54) is 10.9 Å². The monoisotopic (exact) mass is 388 g/mol. The minimum Gasteiger partial charge on any atom is -0.378 e. The summed E-state index contributed by atoms with van der Waals surface area (Å²) < 4.78 is 44.6. The molecule has 0 aliphatic carbocycles. The summed E-state index contributed by atoms with van der Waals surface area (Å²) in [7, 11) is 0. The number of morpholine rings is 1. The van der Waals surface area contributed by atoms with Crippen LogP contribution in [0.4, 0.5) is 13.2 Å². The number of piperidine rings is 1. The lowest BCUT2D eigenvalue weighted by Crippen LogP contribution is -2.43. The minimum absolute atomic E-state index is 0.0675. The van der Waals surface area contributed by atoms with Gasteiger partial charge >= 0.3 is 6.18 Å². The van der Waals surface area contributed by atoms with Crippen LogP contribution in [0.1, 0.15) is 37.4 Å². The highest BCUT2D eigenvalue weighted by molar-refractivity contribution is 5.84. The van der Waals surface area contributed by atoms with Crippen molar-refractivity contribution < 1.29 is 27.5 Å². The maximum absolute atomic E-state index is 12.7. The molecule has 1 atom stereocenters. The lowest BCUT2D eigenvalue weighted by Gasteiger charge is -2.33. The summed E-state index contributed by atoms with van der Waals surface area (Å²) in [5.41, 5.74) is -0.929. The molecule has 0 N–H and O–H groups in total. The molecule has 2 aliphatic rings. The van der Waals surface area contributed by atoms with Gasteiger partial charge in [0.15, 0.2) is 5.69 Å². The van der Waals surface area contributed by atoms with Gasteiger partial charge in [0.05, 0.1) is 19.3 Å². The first-order chi connectivity index (χ1) is 12.8. The molecule has 2 fully saturated rings. The molecule has 10 heteroatoms. The SMILES string of the molecule is O=C(CCC(=O)N1CCCC(n2ccc(C(F)(F)F)n2)C1)N1CCOCC1. The van der Waals surface area contributed by atoms with Gasteiger partial charge in [0.2, 0.25) is 11.8 Å². The molecule has 3 heterocycles. The molecule has 0 bridgehead atoms. The molecule has 3 rings (SSSR count). The molecule has 0 spiro atoms. The Morgan fingerprint density at radius 3 is 2.41 bits per heavy atom. The van der Waals surface area contributed by atoms with Crippen molar-refractivity contribution in [1.29, 1.82) is 0 Å². The van der Waals surface area contributed by atoms with Gasteiger partial charge in [-0.25, -0.2) is 0 Å². The summed E-state index contributed by atoms with van der Waals surface area (Å²) in [5, 5.41) is 3.62. The van der Waals surface area contributed by atoms with Gasteiger partial charge in [0, 0.05) is 45.2 Å². The number of carbonyl (C=O) groups is 2. The van der Waals surface area contributed by atoms with Crippen molar-refractivity contribution in [3.8, 4) is 0 Å². The summed E-state index contributed by atoms with van der Waals surface area (Å²) >= 11 is 0. The number of alkyl halides is 3. The molecular weight excluding hydrogens is 365 g/mol. The first kappa shape index (κ1) is 19.7. The highest BCUT2D eigenvalue weighted by Crippen LogP contribution is 2.29. The fourth-order valence-corrected chi connectivity index (χ4v) is 3.43. The van der Waals surface area contributed by atoms with Crippen LogP contribution in [-0.4, -0.2) is 70.8 Å². The number of carbonyl (C=O) groups excluding carboxylic acids is 2. The number of likely N-dealkylation sites (tertiary alicyclic amines) is 1. The first-order valence-corrected chi connectivity index (χ1v) is 9.10. The number of aromatic nitrogens is 2. The summed E-state index contributed by atoms with van der Waals surface area (Å²) in [5.74, 6) is -0.216. The van der Waals surface area contributed by atoms with Crippen molar-refractivity contribution in [3.63, 3.8) is 0 Å². The zero-order chi connectivity index (χ0) is 19.4. The molecule has 1 aromatic rings. The number of nitrogens with zero attached hydrogens (tertiary/aromatic N) is 4. The molecular formula is C17H23F3N4O3. The molecule has 0 aromatic carbocycles. The highest BCUT2D eigenvalue weighted by Gasteiger charge is 2.35. The van der Waals surface area contributed by atoms with Crippen LogP contribution in [-0.2, 0) is 20.5 Å². The van der Waals surface area contributed by atoms with Crippen LogP contribution in [0.5, 0.6) is 0 Å². The van der Waals surface area contributed by atoms with Crippen molar-refractivity contribution in [3.05, 3.63) is 18.0 Å². The Bertz CT molecular complexity index is 671. The van der Waals surface area contributed by atoms with Crippen LogP contribution >= 0.6 is 0 Å². The van der Waals surface area contributed by atoms with Crippen molar-refractivity contribution in [2.75, 3.05) is 39.4 Å². The second-order valence-electron chi connectivity index (χ2n) is 6.81. The van der Waals surface area contributed by atoms with E-state index in [4.69, 9.17) is 4.74 Å². The molecule has 0 saturated carbocycles. The highest BCUT2D eigenvalue weighted by atomic mass is 19.4. The zero-order valence-corrected chi connectivity index (χ0v) is 15.0. The van der Waals surface area contributed by atoms with Crippen LogP contribution in [0.25, 0.3) is 0 Å². The lowest BCUT2D eigenvalue weighted by atomic mass is 10.1. The fraction of sp³-hybridized carbons (Fsp3) is 0.706. The van der Waals surface area contributed by atoms with Gasteiger partial charge in [-0.15, -0.1) is 0 Å². The van der Waals surface area contributed by atoms with Crippen molar-refractivity contribution in [2.45, 2.75) is 37.9 Å². The Balaban J connectivity index is 1.52. The molecule has 7 nitrogen and oxygen atoms in total. The number of halogens is 3. The molecule has 150 valence electrons. The van der Waals surface area contributed by atoms with E-state index in [-0.39, 0.29) is 30.7 Å². The largest absolute Gasteiger partial charge is 0.435 e. The van der Waals surface area contributed by atoms with Gasteiger partial charge in [-0.1, -0.05) is 0 Å². The number of amides is 2. The van der Waals surface area contributed by atoms with Crippen LogP contribution in [0.15, 0.2) is 12.3 Å². The van der Waals surface area contributed by atoms with E-state index in [1.807, 2.05) is 0 Å². The standard InChI is InChI=1S/C17H23F3N4O3/c18-17(19,20)14-5-7-24(21-14)13-2-1-6-23(12-13)16(26)4-3-15(25)22-8-10-27-11-9-22/h5,7,13H,1-4,6,8-12H2. The molecule has 1 unspecified atom stereocenters. The predicted octanol–water partition coefficient (Wildman–Crippen LogP) is 1.70. The zero-order valence-electron chi connectivity index (χ0n) is 15.0. The van der Waals surface area contributed by atoms with Gasteiger partial charge < -0.3 is 14.5 Å². The summed E-state index contributed by atoms with van der Waals surface area (Å²) in [4.78, 5) is 27.9. The topological polar surface area (TPSA) is 67.7 Å². The summed E-state index contributed by atoms with van der Waals surface area (Å²) in [6.45, 7) is 2.96. The van der Waals surface area contributed by atoms with E-state index in [2.05, 4.69) is 5.10 Å².